The van der Waals surface area contributed by atoms with Crippen LogP contribution in [0.15, 0.2) is 47.1 Å². The fourth-order valence-corrected chi connectivity index (χ4v) is 3.61. The zero-order valence-corrected chi connectivity index (χ0v) is 16.3. The molecule has 0 spiro atoms. The van der Waals surface area contributed by atoms with Gasteiger partial charge in [-0.1, -0.05) is 0 Å². The molecular formula is C21H21FN4O3. The van der Waals surface area contributed by atoms with E-state index in [2.05, 4.69) is 5.10 Å². The third kappa shape index (κ3) is 3.53. The number of carbonyl (C=O) groups excluding carboxylic acids is 2. The first-order valence-electron chi connectivity index (χ1n) is 9.40. The van der Waals surface area contributed by atoms with Crippen molar-refractivity contribution in [3.05, 3.63) is 71.2 Å². The highest BCUT2D eigenvalue weighted by Crippen LogP contribution is 2.21. The van der Waals surface area contributed by atoms with Crippen LogP contribution in [-0.2, 0) is 0 Å². The highest BCUT2D eigenvalue weighted by atomic mass is 19.1. The molecule has 0 aliphatic carbocycles. The maximum atomic E-state index is 13.2. The molecule has 1 saturated heterocycles. The van der Waals surface area contributed by atoms with Crippen molar-refractivity contribution in [1.29, 1.82) is 0 Å². The standard InChI is InChI=1S/C21H21FN4O3/c1-14-19(15(2)26(23-14)17-7-5-16(22)6-8-17)21(28)25-11-9-24(10-12-25)20(27)18-4-3-13-29-18/h3-8,13H,9-12H2,1-2H3. The van der Waals surface area contributed by atoms with Crippen molar-refractivity contribution in [2.75, 3.05) is 26.2 Å². The number of carbonyl (C=O) groups is 2. The van der Waals surface area contributed by atoms with E-state index < -0.39 is 0 Å². The van der Waals surface area contributed by atoms with Crippen molar-refractivity contribution >= 4 is 11.8 Å². The summed E-state index contributed by atoms with van der Waals surface area (Å²) in [5.41, 5.74) is 2.55. The van der Waals surface area contributed by atoms with E-state index in [9.17, 15) is 14.0 Å². The Morgan fingerprint density at radius 3 is 2.17 bits per heavy atom. The van der Waals surface area contributed by atoms with Gasteiger partial charge in [0.15, 0.2) is 5.76 Å². The topological polar surface area (TPSA) is 71.6 Å². The normalized spacial score (nSPS) is 14.3. The van der Waals surface area contributed by atoms with Crippen molar-refractivity contribution in [2.24, 2.45) is 0 Å². The molecule has 0 radical (unpaired) electrons. The molecule has 1 aliphatic heterocycles. The average molecular weight is 396 g/mol. The number of rotatable bonds is 3. The van der Waals surface area contributed by atoms with Gasteiger partial charge in [0.1, 0.15) is 5.82 Å². The summed E-state index contributed by atoms with van der Waals surface area (Å²) in [6.45, 7) is 5.37. The Kier molecular flexibility index (Phi) is 4.92. The molecule has 1 aliphatic rings. The van der Waals surface area contributed by atoms with Gasteiger partial charge in [-0.15, -0.1) is 0 Å². The SMILES string of the molecule is Cc1nn(-c2ccc(F)cc2)c(C)c1C(=O)N1CCN(C(=O)c2ccco2)CC1. The largest absolute Gasteiger partial charge is 0.459 e. The molecule has 1 fully saturated rings. The first-order valence-corrected chi connectivity index (χ1v) is 9.40. The molecule has 3 heterocycles. The van der Waals surface area contributed by atoms with E-state index in [1.807, 2.05) is 6.92 Å². The van der Waals surface area contributed by atoms with Crippen LogP contribution in [0.4, 0.5) is 4.39 Å². The van der Waals surface area contributed by atoms with Crippen LogP contribution in [0.1, 0.15) is 32.3 Å². The van der Waals surface area contributed by atoms with Crippen LogP contribution in [0.5, 0.6) is 0 Å². The average Bonchev–Trinajstić information content (AvgIpc) is 3.36. The molecule has 8 heteroatoms. The number of nitrogens with zero attached hydrogens (tertiary/aromatic N) is 4. The minimum absolute atomic E-state index is 0.113. The molecular weight excluding hydrogens is 375 g/mol. The molecule has 4 rings (SSSR count). The number of amides is 2. The van der Waals surface area contributed by atoms with Gasteiger partial charge in [0.25, 0.3) is 11.8 Å². The molecule has 2 aromatic heterocycles. The Balaban J connectivity index is 1.49. The lowest BCUT2D eigenvalue weighted by Gasteiger charge is -2.34. The van der Waals surface area contributed by atoms with Gasteiger partial charge in [-0.2, -0.15) is 5.10 Å². The maximum Gasteiger partial charge on any atom is 0.289 e. The van der Waals surface area contributed by atoms with Crippen molar-refractivity contribution < 1.29 is 18.4 Å². The van der Waals surface area contributed by atoms with Gasteiger partial charge < -0.3 is 14.2 Å². The summed E-state index contributed by atoms with van der Waals surface area (Å²) < 4.78 is 20.0. The van der Waals surface area contributed by atoms with Crippen LogP contribution in [0.2, 0.25) is 0 Å². The van der Waals surface area contributed by atoms with Gasteiger partial charge in [-0.05, 0) is 50.2 Å². The zero-order valence-electron chi connectivity index (χ0n) is 16.3. The van der Waals surface area contributed by atoms with E-state index in [1.165, 1.54) is 18.4 Å². The molecule has 0 unspecified atom stereocenters. The number of aromatic nitrogens is 2. The van der Waals surface area contributed by atoms with E-state index in [0.29, 0.717) is 54.6 Å². The van der Waals surface area contributed by atoms with Gasteiger partial charge in [0.2, 0.25) is 0 Å². The number of piperazine rings is 1. The quantitative estimate of drug-likeness (QED) is 0.683. The Bertz CT molecular complexity index is 1030. The lowest BCUT2D eigenvalue weighted by Crippen LogP contribution is -2.50. The Morgan fingerprint density at radius 1 is 0.966 bits per heavy atom. The van der Waals surface area contributed by atoms with Crippen LogP contribution in [0.25, 0.3) is 5.69 Å². The minimum Gasteiger partial charge on any atom is -0.459 e. The third-order valence-corrected chi connectivity index (χ3v) is 5.16. The second kappa shape index (κ2) is 7.54. The van der Waals surface area contributed by atoms with Gasteiger partial charge >= 0.3 is 0 Å². The van der Waals surface area contributed by atoms with Gasteiger partial charge in [-0.25, -0.2) is 9.07 Å². The van der Waals surface area contributed by atoms with Gasteiger partial charge in [0, 0.05) is 26.2 Å². The molecule has 0 N–H and O–H groups in total. The van der Waals surface area contributed by atoms with Gasteiger partial charge in [-0.3, -0.25) is 9.59 Å². The number of hydrogen-bond donors (Lipinski definition) is 0. The smallest absolute Gasteiger partial charge is 0.289 e. The lowest BCUT2D eigenvalue weighted by atomic mass is 10.1. The molecule has 1 aromatic carbocycles. The lowest BCUT2D eigenvalue weighted by molar-refractivity contribution is 0.0517. The summed E-state index contributed by atoms with van der Waals surface area (Å²) >= 11 is 0. The second-order valence-electron chi connectivity index (χ2n) is 7.00. The summed E-state index contributed by atoms with van der Waals surface area (Å²) in [6, 6.07) is 9.29. The number of hydrogen-bond acceptors (Lipinski definition) is 4. The summed E-state index contributed by atoms with van der Waals surface area (Å²) in [5, 5.41) is 4.47. The van der Waals surface area contributed by atoms with Crippen molar-refractivity contribution in [3.63, 3.8) is 0 Å². The number of furan rings is 1. The van der Waals surface area contributed by atoms with Crippen LogP contribution >= 0.6 is 0 Å². The second-order valence-corrected chi connectivity index (χ2v) is 7.00. The highest BCUT2D eigenvalue weighted by molar-refractivity contribution is 5.97. The van der Waals surface area contributed by atoms with Crippen LogP contribution < -0.4 is 0 Å². The molecule has 150 valence electrons. The van der Waals surface area contributed by atoms with Gasteiger partial charge in [0.05, 0.1) is 28.9 Å². The Hall–Kier alpha value is -3.42. The predicted molar refractivity (Wildman–Crippen MR) is 104 cm³/mol. The van der Waals surface area contributed by atoms with E-state index in [1.54, 1.807) is 45.7 Å². The predicted octanol–water partition coefficient (Wildman–Crippen LogP) is 2.82. The summed E-state index contributed by atoms with van der Waals surface area (Å²) in [4.78, 5) is 28.9. The minimum atomic E-state index is -0.325. The monoisotopic (exact) mass is 396 g/mol. The van der Waals surface area contributed by atoms with Crippen molar-refractivity contribution in [1.82, 2.24) is 19.6 Å². The summed E-state index contributed by atoms with van der Waals surface area (Å²) in [7, 11) is 0. The zero-order chi connectivity index (χ0) is 20.5. The molecule has 29 heavy (non-hydrogen) atoms. The van der Waals surface area contributed by atoms with Crippen LogP contribution in [0, 0.1) is 19.7 Å². The first-order chi connectivity index (χ1) is 14.0. The van der Waals surface area contributed by atoms with E-state index in [0.717, 1.165) is 0 Å². The molecule has 2 amide bonds. The van der Waals surface area contributed by atoms with Crippen molar-refractivity contribution in [2.45, 2.75) is 13.8 Å². The fourth-order valence-electron chi connectivity index (χ4n) is 3.61. The van der Waals surface area contributed by atoms with Crippen molar-refractivity contribution in [3.8, 4) is 5.69 Å². The van der Waals surface area contributed by atoms with E-state index in [-0.39, 0.29) is 17.6 Å². The van der Waals surface area contributed by atoms with Crippen LogP contribution in [-0.4, -0.2) is 57.6 Å². The molecule has 0 atom stereocenters. The number of benzene rings is 1. The third-order valence-electron chi connectivity index (χ3n) is 5.16. The first kappa shape index (κ1) is 18.9. The Labute approximate surface area is 167 Å². The molecule has 3 aromatic rings. The molecule has 0 bridgehead atoms. The molecule has 0 saturated carbocycles. The summed E-state index contributed by atoms with van der Waals surface area (Å²) in [5.74, 6) is -0.303. The van der Waals surface area contributed by atoms with Crippen LogP contribution in [0.3, 0.4) is 0 Å². The highest BCUT2D eigenvalue weighted by Gasteiger charge is 2.29. The number of aryl methyl sites for hydroxylation is 1. The fraction of sp³-hybridized carbons (Fsp3) is 0.286. The van der Waals surface area contributed by atoms with E-state index >= 15 is 0 Å². The summed E-state index contributed by atoms with van der Waals surface area (Å²) in [6.07, 6.45) is 1.47. The van der Waals surface area contributed by atoms with E-state index in [4.69, 9.17) is 4.42 Å². The maximum absolute atomic E-state index is 13.2. The number of halogens is 1. The molecule has 7 nitrogen and oxygen atoms in total. The Morgan fingerprint density at radius 2 is 1.59 bits per heavy atom.